The molecule has 1 aromatic rings. The minimum Gasteiger partial charge on any atom is -0.350 e. The minimum atomic E-state index is -1.04. The third-order valence-corrected chi connectivity index (χ3v) is 2.40. The Labute approximate surface area is 112 Å². The summed E-state index contributed by atoms with van der Waals surface area (Å²) in [5.41, 5.74) is 7.47. The molecular formula is C11H12BrN3O3. The van der Waals surface area contributed by atoms with Gasteiger partial charge in [0.05, 0.1) is 0 Å². The molecule has 0 saturated carbocycles. The fourth-order valence-electron chi connectivity index (χ4n) is 1.18. The quantitative estimate of drug-likeness (QED) is 0.644. The van der Waals surface area contributed by atoms with Crippen LogP contribution in [0.4, 0.5) is 4.79 Å². The molecule has 0 aliphatic heterocycles. The summed E-state index contributed by atoms with van der Waals surface area (Å²) in [5, 5.41) is 0.922. The van der Waals surface area contributed by atoms with Crippen molar-refractivity contribution in [3.05, 3.63) is 35.9 Å². The predicted octanol–water partition coefficient (Wildman–Crippen LogP) is 1.02. The third kappa shape index (κ3) is 3.85. The number of rotatable bonds is 3. The normalized spacial score (nSPS) is 9.61. The zero-order valence-corrected chi connectivity index (χ0v) is 11.0. The summed E-state index contributed by atoms with van der Waals surface area (Å²) in [6.45, 7) is 0. The zero-order valence-electron chi connectivity index (χ0n) is 9.43. The molecule has 0 fully saturated rings. The van der Waals surface area contributed by atoms with E-state index in [0.29, 0.717) is 10.3 Å². The molecule has 0 spiro atoms. The van der Waals surface area contributed by atoms with E-state index in [9.17, 15) is 14.4 Å². The maximum Gasteiger partial charge on any atom is 0.341 e. The van der Waals surface area contributed by atoms with Crippen molar-refractivity contribution in [3.63, 3.8) is 0 Å². The van der Waals surface area contributed by atoms with Crippen LogP contribution in [0.15, 0.2) is 30.3 Å². The van der Waals surface area contributed by atoms with Crippen LogP contribution in [0.3, 0.4) is 0 Å². The van der Waals surface area contributed by atoms with E-state index in [2.05, 4.69) is 21.4 Å². The molecule has 3 N–H and O–H groups in total. The van der Waals surface area contributed by atoms with E-state index in [-0.39, 0.29) is 12.0 Å². The van der Waals surface area contributed by atoms with Gasteiger partial charge in [0.1, 0.15) is 0 Å². The number of nitrogens with one attached hydrogen (secondary N) is 1. The number of benzene rings is 1. The Bertz CT molecular complexity index is 450. The summed E-state index contributed by atoms with van der Waals surface area (Å²) in [5.74, 6) is -1.15. The van der Waals surface area contributed by atoms with Crippen molar-refractivity contribution >= 4 is 33.8 Å². The summed E-state index contributed by atoms with van der Waals surface area (Å²) >= 11 is 3.08. The van der Waals surface area contributed by atoms with Crippen molar-refractivity contribution in [1.82, 2.24) is 10.4 Å². The number of urea groups is 1. The van der Waals surface area contributed by atoms with Crippen LogP contribution in [0.2, 0.25) is 0 Å². The number of hydrogen-bond acceptors (Lipinski definition) is 3. The summed E-state index contributed by atoms with van der Waals surface area (Å²) in [6, 6.07) is 7.03. The highest BCUT2D eigenvalue weighted by Gasteiger charge is 2.22. The second kappa shape index (κ2) is 6.75. The molecule has 0 bridgehead atoms. The van der Waals surface area contributed by atoms with Crippen molar-refractivity contribution in [2.24, 2.45) is 5.73 Å². The molecule has 6 nitrogen and oxygen atoms in total. The van der Waals surface area contributed by atoms with Crippen LogP contribution in [0.1, 0.15) is 16.8 Å². The first-order valence-corrected chi connectivity index (χ1v) is 6.22. The Hall–Kier alpha value is -1.89. The number of hydrogen-bond donors (Lipinski definition) is 2. The number of nitrogens with zero attached hydrogens (tertiary/aromatic N) is 1. The predicted molar refractivity (Wildman–Crippen MR) is 68.7 cm³/mol. The van der Waals surface area contributed by atoms with Gasteiger partial charge in [-0.25, -0.2) is 4.79 Å². The van der Waals surface area contributed by atoms with Gasteiger partial charge >= 0.3 is 6.03 Å². The highest BCUT2D eigenvalue weighted by Crippen LogP contribution is 2.03. The van der Waals surface area contributed by atoms with Crippen molar-refractivity contribution in [2.75, 3.05) is 5.33 Å². The van der Waals surface area contributed by atoms with Gasteiger partial charge in [-0.05, 0) is 12.1 Å². The Morgan fingerprint density at radius 3 is 2.33 bits per heavy atom. The van der Waals surface area contributed by atoms with Crippen LogP contribution in [-0.4, -0.2) is 28.2 Å². The molecule has 1 rings (SSSR count). The molecule has 0 aliphatic carbocycles. The van der Waals surface area contributed by atoms with E-state index in [0.717, 1.165) is 0 Å². The van der Waals surface area contributed by atoms with E-state index in [1.54, 1.807) is 18.2 Å². The van der Waals surface area contributed by atoms with E-state index in [1.807, 2.05) is 0 Å². The number of hydrazine groups is 1. The molecule has 0 atom stereocenters. The van der Waals surface area contributed by atoms with Crippen molar-refractivity contribution in [3.8, 4) is 0 Å². The van der Waals surface area contributed by atoms with E-state index >= 15 is 0 Å². The SMILES string of the molecule is NC(=O)N(NC(=O)CCBr)C(=O)c1ccccc1. The number of primary amides is 1. The number of carbonyl (C=O) groups excluding carboxylic acids is 3. The number of carbonyl (C=O) groups is 3. The molecule has 18 heavy (non-hydrogen) atoms. The average Bonchev–Trinajstić information content (AvgIpc) is 2.36. The molecular weight excluding hydrogens is 302 g/mol. The van der Waals surface area contributed by atoms with Gasteiger partial charge in [0.15, 0.2) is 0 Å². The average molecular weight is 314 g/mol. The monoisotopic (exact) mass is 313 g/mol. The van der Waals surface area contributed by atoms with Gasteiger partial charge in [-0.2, -0.15) is 5.01 Å². The first-order chi connectivity index (χ1) is 8.56. The Balaban J connectivity index is 2.83. The number of halogens is 1. The van der Waals surface area contributed by atoms with Crippen molar-refractivity contribution in [1.29, 1.82) is 0 Å². The topological polar surface area (TPSA) is 92.5 Å². The molecule has 0 saturated heterocycles. The largest absolute Gasteiger partial charge is 0.350 e. The summed E-state index contributed by atoms with van der Waals surface area (Å²) < 4.78 is 0. The fourth-order valence-corrected chi connectivity index (χ4v) is 1.54. The summed E-state index contributed by atoms with van der Waals surface area (Å²) in [4.78, 5) is 34.4. The van der Waals surface area contributed by atoms with Gasteiger partial charge in [-0.15, -0.1) is 0 Å². The molecule has 0 heterocycles. The van der Waals surface area contributed by atoms with E-state index in [4.69, 9.17) is 5.73 Å². The summed E-state index contributed by atoms with van der Waals surface area (Å²) in [6.07, 6.45) is 0.131. The van der Waals surface area contributed by atoms with Crippen LogP contribution >= 0.6 is 15.9 Å². The van der Waals surface area contributed by atoms with E-state index < -0.39 is 17.8 Å². The molecule has 1 aromatic carbocycles. The van der Waals surface area contributed by atoms with Crippen LogP contribution in [-0.2, 0) is 4.79 Å². The maximum absolute atomic E-state index is 11.9. The van der Waals surface area contributed by atoms with Gasteiger partial charge in [0.2, 0.25) is 5.91 Å². The molecule has 0 aromatic heterocycles. The Morgan fingerprint density at radius 2 is 1.83 bits per heavy atom. The van der Waals surface area contributed by atoms with Crippen molar-refractivity contribution < 1.29 is 14.4 Å². The lowest BCUT2D eigenvalue weighted by Crippen LogP contribution is -2.52. The van der Waals surface area contributed by atoms with Crippen LogP contribution in [0, 0.1) is 0 Å². The van der Waals surface area contributed by atoms with Crippen molar-refractivity contribution in [2.45, 2.75) is 6.42 Å². The zero-order chi connectivity index (χ0) is 13.5. The molecule has 0 aliphatic rings. The highest BCUT2D eigenvalue weighted by atomic mass is 79.9. The van der Waals surface area contributed by atoms with Gasteiger partial charge in [0, 0.05) is 17.3 Å². The van der Waals surface area contributed by atoms with Gasteiger partial charge < -0.3 is 5.73 Å². The number of imide groups is 1. The Morgan fingerprint density at radius 1 is 1.22 bits per heavy atom. The fraction of sp³-hybridized carbons (Fsp3) is 0.182. The van der Waals surface area contributed by atoms with E-state index in [1.165, 1.54) is 12.1 Å². The van der Waals surface area contributed by atoms with Gasteiger partial charge in [-0.1, -0.05) is 34.1 Å². The van der Waals surface area contributed by atoms with Crippen LogP contribution in [0.5, 0.6) is 0 Å². The molecule has 0 unspecified atom stereocenters. The molecule has 96 valence electrons. The van der Waals surface area contributed by atoms with Crippen LogP contribution < -0.4 is 11.2 Å². The number of nitrogens with two attached hydrogens (primary N) is 1. The molecule has 7 heteroatoms. The minimum absolute atomic E-state index is 0.131. The lowest BCUT2D eigenvalue weighted by atomic mass is 10.2. The second-order valence-electron chi connectivity index (χ2n) is 3.32. The summed E-state index contributed by atoms with van der Waals surface area (Å²) in [7, 11) is 0. The molecule has 4 amide bonds. The lowest BCUT2D eigenvalue weighted by molar-refractivity contribution is -0.123. The van der Waals surface area contributed by atoms with Gasteiger partial charge in [0.25, 0.3) is 5.91 Å². The van der Waals surface area contributed by atoms with Crippen LogP contribution in [0.25, 0.3) is 0 Å². The molecule has 0 radical (unpaired) electrons. The standard InChI is InChI=1S/C11H12BrN3O3/c12-7-6-9(16)14-15(11(13)18)10(17)8-4-2-1-3-5-8/h1-5H,6-7H2,(H2,13,18)(H,14,16). The maximum atomic E-state index is 11.9. The third-order valence-electron chi connectivity index (χ3n) is 2.00. The number of amides is 4. The smallest absolute Gasteiger partial charge is 0.341 e. The van der Waals surface area contributed by atoms with Gasteiger partial charge in [-0.3, -0.25) is 15.0 Å². The first-order valence-electron chi connectivity index (χ1n) is 5.10. The number of alkyl halides is 1. The highest BCUT2D eigenvalue weighted by molar-refractivity contribution is 9.09. The first kappa shape index (κ1) is 14.2. The lowest BCUT2D eigenvalue weighted by Gasteiger charge is -2.18. The Kier molecular flexibility index (Phi) is 5.31. The second-order valence-corrected chi connectivity index (χ2v) is 4.11.